The maximum Gasteiger partial charge on any atom is 0.411 e. The van der Waals surface area contributed by atoms with Crippen molar-refractivity contribution in [1.29, 1.82) is 0 Å². The number of hydrogen-bond donors (Lipinski definition) is 5. The lowest BCUT2D eigenvalue weighted by atomic mass is 10.00. The maximum absolute atomic E-state index is 13.2. The highest BCUT2D eigenvalue weighted by atomic mass is 16.5. The Labute approximate surface area is 253 Å². The lowest BCUT2D eigenvalue weighted by Crippen LogP contribution is -2.31. The molecule has 0 fully saturated rings. The highest BCUT2D eigenvalue weighted by Crippen LogP contribution is 2.25. The van der Waals surface area contributed by atoms with E-state index >= 15 is 0 Å². The average Bonchev–Trinajstić information content (AvgIpc) is 3.03. The Bertz CT molecular complexity index is 1580. The Morgan fingerprint density at radius 3 is 2.43 bits per heavy atom. The van der Waals surface area contributed by atoms with E-state index in [0.29, 0.717) is 29.9 Å². The van der Waals surface area contributed by atoms with Crippen LogP contribution in [0.25, 0.3) is 11.1 Å². The number of carboxylic acid groups (broad SMARTS) is 1. The van der Waals surface area contributed by atoms with Crippen LogP contribution in [0.2, 0.25) is 0 Å². The van der Waals surface area contributed by atoms with Gasteiger partial charge < -0.3 is 21.0 Å². The minimum absolute atomic E-state index is 0.154. The zero-order valence-corrected chi connectivity index (χ0v) is 23.7. The lowest BCUT2D eigenvalue weighted by Gasteiger charge is -2.19. The number of nitrogens with one attached hydrogen (secondary N) is 3. The van der Waals surface area contributed by atoms with E-state index in [2.05, 4.69) is 36.7 Å². The number of amides is 2. The number of nitrogens with zero attached hydrogens (tertiary/aromatic N) is 4. The third-order valence-corrected chi connectivity index (χ3v) is 6.53. The van der Waals surface area contributed by atoms with E-state index in [0.717, 1.165) is 22.3 Å². The first kappa shape index (κ1) is 31.1. The molecule has 0 radical (unpaired) electrons. The van der Waals surface area contributed by atoms with Gasteiger partial charge in [0.15, 0.2) is 0 Å². The van der Waals surface area contributed by atoms with Crippen LogP contribution in [0, 0.1) is 0 Å². The number of aliphatic carboxylic acids is 1. The summed E-state index contributed by atoms with van der Waals surface area (Å²) in [5.74, 6) is 3.90. The molecule has 1 atom stereocenters. The van der Waals surface area contributed by atoms with Gasteiger partial charge in [-0.15, -0.1) is 0 Å². The van der Waals surface area contributed by atoms with Crippen LogP contribution < -0.4 is 21.9 Å². The molecule has 0 aliphatic rings. The second-order valence-corrected chi connectivity index (χ2v) is 9.65. The summed E-state index contributed by atoms with van der Waals surface area (Å²) in [6, 6.07) is 25.7. The summed E-state index contributed by atoms with van der Waals surface area (Å²) in [4.78, 5) is 35.7. The Balaban J connectivity index is 1.46. The smallest absolute Gasteiger partial charge is 0.411 e. The van der Waals surface area contributed by atoms with Gasteiger partial charge in [-0.3, -0.25) is 20.3 Å². The summed E-state index contributed by atoms with van der Waals surface area (Å²) < 4.78 is 4.86. The monoisotopic (exact) mass is 596 g/mol. The van der Waals surface area contributed by atoms with Crippen LogP contribution in [0.1, 0.15) is 35.7 Å². The van der Waals surface area contributed by atoms with E-state index < -0.39 is 18.1 Å². The van der Waals surface area contributed by atoms with Crippen LogP contribution in [0.5, 0.6) is 0 Å². The van der Waals surface area contributed by atoms with Crippen molar-refractivity contribution in [3.8, 4) is 11.1 Å². The normalized spacial score (nSPS) is 11.5. The molecule has 4 aromatic rings. The summed E-state index contributed by atoms with van der Waals surface area (Å²) in [6.45, 7) is -0.225. The highest BCUT2D eigenvalue weighted by molar-refractivity contribution is 5.85. The summed E-state index contributed by atoms with van der Waals surface area (Å²) >= 11 is 0. The van der Waals surface area contributed by atoms with E-state index in [-0.39, 0.29) is 25.4 Å². The van der Waals surface area contributed by atoms with E-state index in [4.69, 9.17) is 15.7 Å². The lowest BCUT2D eigenvalue weighted by molar-refractivity contribution is -0.137. The molecule has 13 nitrogen and oxygen atoms in total. The van der Waals surface area contributed by atoms with Gasteiger partial charge in [0, 0.05) is 17.7 Å². The fourth-order valence-electron chi connectivity index (χ4n) is 4.37. The predicted molar refractivity (Wildman–Crippen MR) is 163 cm³/mol. The number of ether oxygens (including phenoxy) is 1. The molecule has 0 saturated carbocycles. The molecule has 44 heavy (non-hydrogen) atoms. The zero-order chi connectivity index (χ0) is 31.1. The minimum Gasteiger partial charge on any atom is -0.481 e. The molecule has 0 aliphatic heterocycles. The number of benzene rings is 3. The van der Waals surface area contributed by atoms with Crippen LogP contribution in [0.15, 0.2) is 102 Å². The number of carbonyl (C=O) groups excluding carboxylic acids is 2. The number of carbonyl (C=O) groups is 3. The van der Waals surface area contributed by atoms with Crippen molar-refractivity contribution in [3.05, 3.63) is 108 Å². The minimum atomic E-state index is -1.05. The van der Waals surface area contributed by atoms with Crippen molar-refractivity contribution in [2.24, 2.45) is 16.3 Å². The van der Waals surface area contributed by atoms with Gasteiger partial charge in [-0.1, -0.05) is 71.1 Å². The number of anilines is 2. The Kier molecular flexibility index (Phi) is 11.3. The molecule has 0 saturated heterocycles. The van der Waals surface area contributed by atoms with Crippen LogP contribution >= 0.6 is 0 Å². The number of hydrogen-bond acceptors (Lipinski definition) is 8. The maximum atomic E-state index is 13.2. The van der Waals surface area contributed by atoms with Gasteiger partial charge in [0.2, 0.25) is 5.91 Å². The number of carboxylic acids is 1. The Hall–Kier alpha value is -5.85. The van der Waals surface area contributed by atoms with Gasteiger partial charge in [0.05, 0.1) is 30.0 Å². The third-order valence-electron chi connectivity index (χ3n) is 6.53. The molecule has 6 N–H and O–H groups in total. The largest absolute Gasteiger partial charge is 0.481 e. The molecule has 13 heteroatoms. The third kappa shape index (κ3) is 9.62. The first-order valence-electron chi connectivity index (χ1n) is 13.8. The molecule has 0 aliphatic carbocycles. The fourth-order valence-corrected chi connectivity index (χ4v) is 4.37. The number of aryl methyl sites for hydroxylation is 1. The molecule has 0 spiro atoms. The number of aromatic nitrogens is 2. The van der Waals surface area contributed by atoms with Crippen LogP contribution in [0.3, 0.4) is 0 Å². The fraction of sp³-hybridized carbons (Fsp3) is 0.194. The number of para-hydroxylation sites is 1. The zero-order valence-electron chi connectivity index (χ0n) is 23.7. The Morgan fingerprint density at radius 2 is 1.68 bits per heavy atom. The number of rotatable bonds is 14. The molecule has 2 amide bonds. The molecular weight excluding hydrogens is 564 g/mol. The van der Waals surface area contributed by atoms with Crippen molar-refractivity contribution in [1.82, 2.24) is 15.5 Å². The van der Waals surface area contributed by atoms with Crippen molar-refractivity contribution in [2.75, 3.05) is 17.3 Å². The number of nitrogens with two attached hydrogens (primary N) is 1. The summed E-state index contributed by atoms with van der Waals surface area (Å²) in [5, 5.41) is 29.8. The van der Waals surface area contributed by atoms with Crippen LogP contribution in [-0.2, 0) is 27.2 Å². The molecule has 226 valence electrons. The average molecular weight is 597 g/mol. The molecule has 4 rings (SSSR count). The van der Waals surface area contributed by atoms with Crippen molar-refractivity contribution >= 4 is 29.3 Å². The molecule has 1 heterocycles. The van der Waals surface area contributed by atoms with Crippen LogP contribution in [-0.4, -0.2) is 39.9 Å². The van der Waals surface area contributed by atoms with Gasteiger partial charge >= 0.3 is 12.1 Å². The first-order valence-corrected chi connectivity index (χ1v) is 13.8. The summed E-state index contributed by atoms with van der Waals surface area (Å²) in [7, 11) is 0. The molecule has 1 aromatic heterocycles. The predicted octanol–water partition coefficient (Wildman–Crippen LogP) is 4.85. The topological polar surface area (TPSA) is 193 Å². The quantitative estimate of drug-likeness (QED) is 0.0768. The molecule has 3 aromatic carbocycles. The van der Waals surface area contributed by atoms with E-state index in [1.165, 1.54) is 0 Å². The molecule has 1 unspecified atom stereocenters. The van der Waals surface area contributed by atoms with E-state index in [9.17, 15) is 14.4 Å². The van der Waals surface area contributed by atoms with Crippen LogP contribution in [0.4, 0.5) is 16.2 Å². The van der Waals surface area contributed by atoms with Crippen molar-refractivity contribution in [2.45, 2.75) is 31.7 Å². The summed E-state index contributed by atoms with van der Waals surface area (Å²) in [6.07, 6.45) is 1.80. The van der Waals surface area contributed by atoms with E-state index in [1.54, 1.807) is 30.5 Å². The first-order chi connectivity index (χ1) is 21.4. The van der Waals surface area contributed by atoms with Gasteiger partial charge in [-0.2, -0.15) is 10.2 Å². The highest BCUT2D eigenvalue weighted by Gasteiger charge is 2.19. The summed E-state index contributed by atoms with van der Waals surface area (Å²) in [5.41, 5.74) is 8.06. The molecular formula is C31H32N8O5. The SMILES string of the molecule is N/N=N\Nc1ccccc1CCC(=O)NC(Cc1ccccc1)c1cc(-c2ccc(NC(=O)OCCC(=O)O)cc2)cnn1. The Morgan fingerprint density at radius 1 is 0.932 bits per heavy atom. The van der Waals surface area contributed by atoms with Gasteiger partial charge in [0.25, 0.3) is 0 Å². The second-order valence-electron chi connectivity index (χ2n) is 9.65. The van der Waals surface area contributed by atoms with Gasteiger partial charge in [0.1, 0.15) is 6.61 Å². The molecule has 0 bridgehead atoms. The standard InChI is InChI=1S/C31H32N8O5/c32-38-39-37-26-9-5-4-8-23(26)12-15-29(40)35-27(18-21-6-2-1-3-7-21)28-19-24(20-33-36-28)22-10-13-25(14-11-22)34-31(43)44-17-16-30(41)42/h1-11,13-14,19-20,27H,12,15-18H2,(H2,32,39)(H,34,43)(H,35,40)(H,37,38)(H,41,42). The van der Waals surface area contributed by atoms with Crippen molar-refractivity contribution in [3.63, 3.8) is 0 Å². The van der Waals surface area contributed by atoms with Gasteiger partial charge in [-0.05, 0) is 53.8 Å². The van der Waals surface area contributed by atoms with Crippen molar-refractivity contribution < 1.29 is 24.2 Å². The van der Waals surface area contributed by atoms with Gasteiger partial charge in [-0.25, -0.2) is 4.79 Å². The van der Waals surface area contributed by atoms with E-state index in [1.807, 2.05) is 60.7 Å². The second kappa shape index (κ2) is 16.0.